The van der Waals surface area contributed by atoms with Crippen LogP contribution < -0.4 is 0 Å². The third-order valence-corrected chi connectivity index (χ3v) is 2.26. The van der Waals surface area contributed by atoms with Gasteiger partial charge < -0.3 is 4.74 Å². The van der Waals surface area contributed by atoms with Crippen LogP contribution in [0.15, 0.2) is 0 Å². The van der Waals surface area contributed by atoms with Crippen molar-refractivity contribution in [2.24, 2.45) is 11.3 Å². The second kappa shape index (κ2) is 2.70. The highest BCUT2D eigenvalue weighted by Crippen LogP contribution is 2.34. The second-order valence-corrected chi connectivity index (χ2v) is 3.30. The topological polar surface area (TPSA) is 9.23 Å². The van der Waals surface area contributed by atoms with Crippen molar-refractivity contribution in [1.29, 1.82) is 0 Å². The zero-order chi connectivity index (χ0) is 6.20. The van der Waals surface area contributed by atoms with Crippen LogP contribution in [0, 0.1) is 11.3 Å². The first-order valence-corrected chi connectivity index (χ1v) is 3.23. The highest BCUT2D eigenvalue weighted by molar-refractivity contribution is 4.83. The van der Waals surface area contributed by atoms with Gasteiger partial charge in [0.25, 0.3) is 0 Å². The molecule has 1 aliphatic heterocycles. The lowest BCUT2D eigenvalue weighted by atomic mass is 9.78. The van der Waals surface area contributed by atoms with E-state index in [0.29, 0.717) is 5.41 Å². The van der Waals surface area contributed by atoms with Gasteiger partial charge in [-0.05, 0) is 5.92 Å². The first-order valence-electron chi connectivity index (χ1n) is 3.23. The summed E-state index contributed by atoms with van der Waals surface area (Å²) >= 11 is 0. The van der Waals surface area contributed by atoms with E-state index < -0.39 is 0 Å². The first kappa shape index (κ1) is 8.96. The Hall–Kier alpha value is -0.0400. The third-order valence-electron chi connectivity index (χ3n) is 2.26. The molecule has 1 heteroatoms. The Bertz CT molecular complexity index is 82.6. The average molecular weight is 130 g/mol. The lowest BCUT2D eigenvalue weighted by Gasteiger charge is -2.41. The molecule has 0 radical (unpaired) electrons. The van der Waals surface area contributed by atoms with Crippen molar-refractivity contribution in [2.75, 3.05) is 13.2 Å². The standard InChI is InChI=1S/C7H14O.CH4/c1-6(2)7(3)4-8-5-7;/h6H,4-5H2,1-3H3;1H4. The van der Waals surface area contributed by atoms with Crippen LogP contribution in [-0.2, 0) is 4.74 Å². The Morgan fingerprint density at radius 1 is 1.33 bits per heavy atom. The fourth-order valence-corrected chi connectivity index (χ4v) is 0.757. The highest BCUT2D eigenvalue weighted by atomic mass is 16.5. The molecule has 1 aliphatic rings. The van der Waals surface area contributed by atoms with Gasteiger partial charge in [-0.3, -0.25) is 0 Å². The average Bonchev–Trinajstić information content (AvgIpc) is 1.60. The molecule has 1 fully saturated rings. The smallest absolute Gasteiger partial charge is 0.0544 e. The summed E-state index contributed by atoms with van der Waals surface area (Å²) in [7, 11) is 0. The van der Waals surface area contributed by atoms with Crippen LogP contribution in [0.1, 0.15) is 28.2 Å². The molecule has 0 aromatic carbocycles. The van der Waals surface area contributed by atoms with Crippen molar-refractivity contribution in [3.8, 4) is 0 Å². The fourth-order valence-electron chi connectivity index (χ4n) is 0.757. The minimum atomic E-state index is 0. The van der Waals surface area contributed by atoms with Gasteiger partial charge in [-0.15, -0.1) is 0 Å². The molecule has 9 heavy (non-hydrogen) atoms. The molecular formula is C8H18O. The molecular weight excluding hydrogens is 112 g/mol. The molecule has 0 amide bonds. The maximum Gasteiger partial charge on any atom is 0.0544 e. The SMILES string of the molecule is C.CC(C)C1(C)COC1. The Balaban J connectivity index is 0.000000640. The van der Waals surface area contributed by atoms with Crippen molar-refractivity contribution in [2.45, 2.75) is 28.2 Å². The van der Waals surface area contributed by atoms with E-state index in [1.807, 2.05) is 0 Å². The Morgan fingerprint density at radius 2 is 1.78 bits per heavy atom. The monoisotopic (exact) mass is 130 g/mol. The van der Waals surface area contributed by atoms with Gasteiger partial charge in [0.2, 0.25) is 0 Å². The van der Waals surface area contributed by atoms with Crippen molar-refractivity contribution < 1.29 is 4.74 Å². The van der Waals surface area contributed by atoms with E-state index >= 15 is 0 Å². The molecule has 0 unspecified atom stereocenters. The molecule has 0 aromatic rings. The van der Waals surface area contributed by atoms with Crippen LogP contribution in [0.5, 0.6) is 0 Å². The predicted octanol–water partition coefficient (Wildman–Crippen LogP) is 2.32. The van der Waals surface area contributed by atoms with Crippen LogP contribution >= 0.6 is 0 Å². The second-order valence-electron chi connectivity index (χ2n) is 3.30. The van der Waals surface area contributed by atoms with E-state index in [1.165, 1.54) is 0 Å². The maximum absolute atomic E-state index is 5.10. The van der Waals surface area contributed by atoms with Crippen LogP contribution in [0.4, 0.5) is 0 Å². The minimum Gasteiger partial charge on any atom is -0.380 e. The summed E-state index contributed by atoms with van der Waals surface area (Å²) in [5.74, 6) is 0.774. The molecule has 0 aromatic heterocycles. The summed E-state index contributed by atoms with van der Waals surface area (Å²) in [5, 5.41) is 0. The van der Waals surface area contributed by atoms with Crippen molar-refractivity contribution >= 4 is 0 Å². The fraction of sp³-hybridized carbons (Fsp3) is 1.00. The van der Waals surface area contributed by atoms with Crippen LogP contribution in [-0.4, -0.2) is 13.2 Å². The molecule has 0 bridgehead atoms. The minimum absolute atomic E-state index is 0. The van der Waals surface area contributed by atoms with Crippen LogP contribution in [0.3, 0.4) is 0 Å². The summed E-state index contributed by atoms with van der Waals surface area (Å²) in [6, 6.07) is 0. The van der Waals surface area contributed by atoms with Crippen molar-refractivity contribution in [1.82, 2.24) is 0 Å². The summed E-state index contributed by atoms with van der Waals surface area (Å²) in [6.45, 7) is 8.71. The molecule has 0 saturated carbocycles. The Kier molecular flexibility index (Phi) is 2.68. The summed E-state index contributed by atoms with van der Waals surface area (Å²) < 4.78 is 5.10. The lowest BCUT2D eigenvalue weighted by molar-refractivity contribution is -0.126. The molecule has 0 spiro atoms. The summed E-state index contributed by atoms with van der Waals surface area (Å²) in [5.41, 5.74) is 0.500. The van der Waals surface area contributed by atoms with E-state index in [-0.39, 0.29) is 7.43 Å². The molecule has 56 valence electrons. The van der Waals surface area contributed by atoms with Crippen molar-refractivity contribution in [3.05, 3.63) is 0 Å². The molecule has 0 aliphatic carbocycles. The first-order chi connectivity index (χ1) is 3.65. The highest BCUT2D eigenvalue weighted by Gasteiger charge is 2.35. The largest absolute Gasteiger partial charge is 0.380 e. The molecule has 1 rings (SSSR count). The lowest BCUT2D eigenvalue weighted by Crippen LogP contribution is -2.43. The number of ether oxygens (including phenoxy) is 1. The van der Waals surface area contributed by atoms with E-state index in [9.17, 15) is 0 Å². The summed E-state index contributed by atoms with van der Waals surface area (Å²) in [4.78, 5) is 0. The molecule has 0 N–H and O–H groups in total. The number of hydrogen-bond acceptors (Lipinski definition) is 1. The zero-order valence-corrected chi connectivity index (χ0v) is 5.90. The van der Waals surface area contributed by atoms with Gasteiger partial charge in [0.05, 0.1) is 13.2 Å². The van der Waals surface area contributed by atoms with Gasteiger partial charge >= 0.3 is 0 Å². The quantitative estimate of drug-likeness (QED) is 0.529. The Morgan fingerprint density at radius 3 is 1.78 bits per heavy atom. The van der Waals surface area contributed by atoms with Gasteiger partial charge in [-0.2, -0.15) is 0 Å². The van der Waals surface area contributed by atoms with Gasteiger partial charge in [-0.25, -0.2) is 0 Å². The number of hydrogen-bond donors (Lipinski definition) is 0. The van der Waals surface area contributed by atoms with E-state index in [4.69, 9.17) is 4.74 Å². The van der Waals surface area contributed by atoms with Gasteiger partial charge in [-0.1, -0.05) is 28.2 Å². The van der Waals surface area contributed by atoms with Gasteiger partial charge in [0.1, 0.15) is 0 Å². The third kappa shape index (κ3) is 1.45. The molecule has 1 heterocycles. The van der Waals surface area contributed by atoms with Crippen molar-refractivity contribution in [3.63, 3.8) is 0 Å². The van der Waals surface area contributed by atoms with E-state index in [0.717, 1.165) is 19.1 Å². The summed E-state index contributed by atoms with van der Waals surface area (Å²) in [6.07, 6.45) is 0. The van der Waals surface area contributed by atoms with Crippen LogP contribution in [0.2, 0.25) is 0 Å². The predicted molar refractivity (Wildman–Crippen MR) is 40.5 cm³/mol. The van der Waals surface area contributed by atoms with E-state index in [1.54, 1.807) is 0 Å². The molecule has 1 nitrogen and oxygen atoms in total. The molecule has 1 saturated heterocycles. The number of rotatable bonds is 1. The van der Waals surface area contributed by atoms with Gasteiger partial charge in [0.15, 0.2) is 0 Å². The molecule has 0 atom stereocenters. The van der Waals surface area contributed by atoms with Gasteiger partial charge in [0, 0.05) is 5.41 Å². The van der Waals surface area contributed by atoms with E-state index in [2.05, 4.69) is 20.8 Å². The Labute approximate surface area is 58.4 Å². The normalized spacial score (nSPS) is 22.7. The van der Waals surface area contributed by atoms with Crippen LogP contribution in [0.25, 0.3) is 0 Å². The zero-order valence-electron chi connectivity index (χ0n) is 5.90. The maximum atomic E-state index is 5.10.